The molecule has 5 nitrogen and oxygen atoms in total. The molecule has 0 fully saturated rings. The quantitative estimate of drug-likeness (QED) is 0.160. The highest BCUT2D eigenvalue weighted by atomic mass is 19.4. The highest BCUT2D eigenvalue weighted by Gasteiger charge is 2.39. The van der Waals surface area contributed by atoms with Crippen LogP contribution in [0.5, 0.6) is 0 Å². The van der Waals surface area contributed by atoms with Gasteiger partial charge in [-0.05, 0) is 83.9 Å². The van der Waals surface area contributed by atoms with Crippen LogP contribution in [-0.2, 0) is 6.18 Å². The monoisotopic (exact) mass is 883 g/mol. The van der Waals surface area contributed by atoms with Gasteiger partial charge in [-0.15, -0.1) is 0 Å². The Morgan fingerprint density at radius 2 is 0.765 bits per heavy atom. The molecule has 8 aromatic carbocycles. The maximum Gasteiger partial charge on any atom is 0.420 e. The lowest BCUT2D eigenvalue weighted by Crippen LogP contribution is -2.16. The van der Waals surface area contributed by atoms with Gasteiger partial charge in [0.1, 0.15) is 5.56 Å². The molecule has 0 aliphatic carbocycles. The maximum atomic E-state index is 16.8. The van der Waals surface area contributed by atoms with Gasteiger partial charge in [-0.1, -0.05) is 146 Å². The van der Waals surface area contributed by atoms with Crippen LogP contribution < -0.4 is 0 Å². The van der Waals surface area contributed by atoms with Crippen molar-refractivity contribution < 1.29 is 13.2 Å². The Hall–Kier alpha value is -9.06. The average molecular weight is 884 g/mol. The minimum atomic E-state index is -4.86. The zero-order valence-electron chi connectivity index (χ0n) is 36.2. The highest BCUT2D eigenvalue weighted by Crippen LogP contribution is 2.47. The molecule has 0 bridgehead atoms. The molecule has 0 saturated carbocycles. The van der Waals surface area contributed by atoms with Crippen molar-refractivity contribution in [3.63, 3.8) is 0 Å². The molecule has 0 radical (unpaired) electrons. The van der Waals surface area contributed by atoms with Gasteiger partial charge in [0.2, 0.25) is 0 Å². The minimum Gasteiger partial charge on any atom is -0.309 e. The average Bonchev–Trinajstić information content (AvgIpc) is 3.90. The van der Waals surface area contributed by atoms with Gasteiger partial charge >= 0.3 is 6.18 Å². The second-order valence-corrected chi connectivity index (χ2v) is 16.8. The van der Waals surface area contributed by atoms with Gasteiger partial charge in [0.05, 0.1) is 67.8 Å². The second-order valence-electron chi connectivity index (χ2n) is 16.8. The molecule has 0 unspecified atom stereocenters. The third kappa shape index (κ3) is 6.88. The van der Waals surface area contributed by atoms with Crippen molar-refractivity contribution in [1.29, 1.82) is 5.26 Å². The number of nitrogens with zero attached hydrogens (tertiary/aromatic N) is 5. The van der Waals surface area contributed by atoms with Crippen LogP contribution >= 0.6 is 0 Å². The van der Waals surface area contributed by atoms with E-state index in [4.69, 9.17) is 9.97 Å². The molecule has 8 heteroatoms. The van der Waals surface area contributed by atoms with E-state index in [0.717, 1.165) is 55.2 Å². The Bertz CT molecular complexity index is 3750. The standard InChI is InChI=1S/C60H36F3N5/c61-60(62,63)59-57(67-53-26-9-7-20-45(53)47-30-28-42(33-55(47)67)51-24-12-22-49(65-51)39-15-3-1-4-16-39)35-44(41-19-11-14-38(32-41)37-64)36-58(59)68-54-27-10-8-21-46(54)48-31-29-43(34-56(48)68)52-25-13-23-50(66-52)40-17-5-2-6-18-40/h1-36H. The SMILES string of the molecule is N#Cc1cccc(-c2cc(-n3c4ccccc4c4ccc(-c5cccc(-c6ccccc6)n5)cc43)c(C(F)(F)F)c(-n3c4ccccc4c4ccc(-c5cccc(-c6ccccc6)n5)cc43)c2)c1. The van der Waals surface area contributed by atoms with E-state index < -0.39 is 11.7 Å². The number of halogens is 3. The van der Waals surface area contributed by atoms with E-state index in [2.05, 4.69) is 6.07 Å². The first-order valence-electron chi connectivity index (χ1n) is 22.2. The molecule has 0 atom stereocenters. The summed E-state index contributed by atoms with van der Waals surface area (Å²) in [5.74, 6) is 0. The summed E-state index contributed by atoms with van der Waals surface area (Å²) in [6, 6.07) is 70.9. The Kier molecular flexibility index (Phi) is 9.59. The van der Waals surface area contributed by atoms with E-state index in [0.29, 0.717) is 50.1 Å². The van der Waals surface area contributed by atoms with Crippen LogP contribution in [0.3, 0.4) is 0 Å². The van der Waals surface area contributed by atoms with E-state index in [1.807, 2.05) is 188 Å². The highest BCUT2D eigenvalue weighted by molar-refractivity contribution is 6.12. The summed E-state index contributed by atoms with van der Waals surface area (Å²) in [4.78, 5) is 10.1. The number of alkyl halides is 3. The third-order valence-electron chi connectivity index (χ3n) is 12.8. The van der Waals surface area contributed by atoms with Crippen molar-refractivity contribution in [2.75, 3.05) is 0 Å². The normalized spacial score (nSPS) is 11.7. The summed E-state index contributed by atoms with van der Waals surface area (Å²) >= 11 is 0. The minimum absolute atomic E-state index is 0.0546. The summed E-state index contributed by atoms with van der Waals surface area (Å²) in [7, 11) is 0. The number of hydrogen-bond acceptors (Lipinski definition) is 3. The molecule has 0 amide bonds. The molecular formula is C60H36F3N5. The van der Waals surface area contributed by atoms with Crippen LogP contribution in [0.1, 0.15) is 11.1 Å². The molecule has 0 saturated heterocycles. The summed E-state index contributed by atoms with van der Waals surface area (Å²) < 4.78 is 53.8. The summed E-state index contributed by atoms with van der Waals surface area (Å²) in [5, 5.41) is 13.2. The van der Waals surface area contributed by atoms with Crippen molar-refractivity contribution in [3.05, 3.63) is 230 Å². The van der Waals surface area contributed by atoms with Crippen LogP contribution in [-0.4, -0.2) is 19.1 Å². The lowest BCUT2D eigenvalue weighted by Gasteiger charge is -2.23. The molecule has 12 aromatic rings. The fraction of sp³-hybridized carbons (Fsp3) is 0.0167. The number of aromatic nitrogens is 4. The first kappa shape index (κ1) is 40.4. The third-order valence-corrected chi connectivity index (χ3v) is 12.8. The Morgan fingerprint density at radius 1 is 0.353 bits per heavy atom. The van der Waals surface area contributed by atoms with Crippen molar-refractivity contribution >= 4 is 43.6 Å². The van der Waals surface area contributed by atoms with Gasteiger partial charge in [0, 0.05) is 43.8 Å². The molecule has 4 aromatic heterocycles. The van der Waals surface area contributed by atoms with E-state index in [-0.39, 0.29) is 11.4 Å². The molecular weight excluding hydrogens is 848 g/mol. The zero-order valence-corrected chi connectivity index (χ0v) is 36.2. The number of para-hydroxylation sites is 2. The molecule has 0 aliphatic rings. The van der Waals surface area contributed by atoms with E-state index in [1.165, 1.54) is 0 Å². The molecule has 0 aliphatic heterocycles. The summed E-state index contributed by atoms with van der Waals surface area (Å²) in [6.07, 6.45) is -4.86. The smallest absolute Gasteiger partial charge is 0.309 e. The number of fused-ring (bicyclic) bond motifs is 6. The van der Waals surface area contributed by atoms with E-state index >= 15 is 13.2 Å². The maximum absolute atomic E-state index is 16.8. The van der Waals surface area contributed by atoms with Gasteiger partial charge in [0.15, 0.2) is 0 Å². The van der Waals surface area contributed by atoms with Gasteiger partial charge in [-0.3, -0.25) is 0 Å². The number of benzene rings is 8. The van der Waals surface area contributed by atoms with Crippen molar-refractivity contribution in [2.24, 2.45) is 0 Å². The second kappa shape index (κ2) is 16.1. The molecule has 0 N–H and O–H groups in total. The van der Waals surface area contributed by atoms with E-state index in [9.17, 15) is 5.26 Å². The first-order chi connectivity index (χ1) is 33.3. The molecule has 0 spiro atoms. The summed E-state index contributed by atoms with van der Waals surface area (Å²) in [6.45, 7) is 0. The van der Waals surface area contributed by atoms with Crippen molar-refractivity contribution in [2.45, 2.75) is 6.18 Å². The van der Waals surface area contributed by atoms with Crippen LogP contribution in [0, 0.1) is 11.3 Å². The zero-order chi connectivity index (χ0) is 45.9. The van der Waals surface area contributed by atoms with Crippen molar-refractivity contribution in [1.82, 2.24) is 19.1 Å². The Labute approximate surface area is 388 Å². The molecule has 4 heterocycles. The fourth-order valence-corrected chi connectivity index (χ4v) is 9.70. The number of pyridine rings is 2. The number of hydrogen-bond donors (Lipinski definition) is 0. The lowest BCUT2D eigenvalue weighted by molar-refractivity contribution is -0.137. The van der Waals surface area contributed by atoms with Crippen LogP contribution in [0.25, 0.3) is 111 Å². The van der Waals surface area contributed by atoms with E-state index in [1.54, 1.807) is 39.5 Å². The summed E-state index contributed by atoms with van der Waals surface area (Å²) in [5.41, 5.74) is 9.36. The largest absolute Gasteiger partial charge is 0.420 e. The van der Waals surface area contributed by atoms with Crippen LogP contribution in [0.15, 0.2) is 218 Å². The van der Waals surface area contributed by atoms with Crippen LogP contribution in [0.4, 0.5) is 13.2 Å². The Morgan fingerprint density at radius 3 is 1.24 bits per heavy atom. The van der Waals surface area contributed by atoms with Crippen molar-refractivity contribution in [3.8, 4) is 73.6 Å². The van der Waals surface area contributed by atoms with Gasteiger partial charge in [-0.2, -0.15) is 18.4 Å². The van der Waals surface area contributed by atoms with Crippen LogP contribution in [0.2, 0.25) is 0 Å². The van der Waals surface area contributed by atoms with Gasteiger partial charge < -0.3 is 9.13 Å². The Balaban J connectivity index is 1.17. The molecule has 12 rings (SSSR count). The number of rotatable bonds is 7. The lowest BCUT2D eigenvalue weighted by atomic mass is 9.98. The topological polar surface area (TPSA) is 59.4 Å². The van der Waals surface area contributed by atoms with Gasteiger partial charge in [0.25, 0.3) is 0 Å². The predicted molar refractivity (Wildman–Crippen MR) is 268 cm³/mol. The molecule has 68 heavy (non-hydrogen) atoms. The number of nitriles is 1. The predicted octanol–water partition coefficient (Wildman–Crippen LogP) is 15.9. The first-order valence-corrected chi connectivity index (χ1v) is 22.2. The fourth-order valence-electron chi connectivity index (χ4n) is 9.70. The molecule has 322 valence electrons. The van der Waals surface area contributed by atoms with Gasteiger partial charge in [-0.25, -0.2) is 9.97 Å².